The maximum absolute atomic E-state index is 6.18. The predicted molar refractivity (Wildman–Crippen MR) is 115 cm³/mol. The zero-order valence-corrected chi connectivity index (χ0v) is 17.1. The molecule has 3 aromatic rings. The Labute approximate surface area is 164 Å². The molecule has 0 atom stereocenters. The molecule has 0 bridgehead atoms. The van der Waals surface area contributed by atoms with Crippen molar-refractivity contribution in [3.05, 3.63) is 23.8 Å². The lowest BCUT2D eigenvalue weighted by Gasteiger charge is -2.14. The molecule has 28 heavy (non-hydrogen) atoms. The van der Waals surface area contributed by atoms with Crippen molar-refractivity contribution in [3.8, 4) is 11.3 Å². The molecule has 0 aliphatic rings. The minimum atomic E-state index is 0.0997. The third-order valence-corrected chi connectivity index (χ3v) is 4.70. The van der Waals surface area contributed by atoms with Crippen LogP contribution in [0.1, 0.15) is 39.3 Å². The number of anilines is 1. The quantitative estimate of drug-likeness (QED) is 0.496. The molecular weight excluding hydrogens is 354 g/mol. The van der Waals surface area contributed by atoms with E-state index in [1.54, 1.807) is 7.05 Å². The van der Waals surface area contributed by atoms with Gasteiger partial charge in [-0.15, -0.1) is 0 Å². The smallest absolute Gasteiger partial charge is 0.298 e. The molecular formula is C20H27N7O. The van der Waals surface area contributed by atoms with E-state index < -0.39 is 0 Å². The first kappa shape index (κ1) is 19.6. The lowest BCUT2D eigenvalue weighted by Crippen LogP contribution is -2.21. The van der Waals surface area contributed by atoms with Crippen molar-refractivity contribution >= 4 is 35.5 Å². The van der Waals surface area contributed by atoms with Crippen LogP contribution < -0.4 is 10.6 Å². The Morgan fingerprint density at radius 3 is 2.61 bits per heavy atom. The monoisotopic (exact) mass is 381 g/mol. The molecule has 0 unspecified atom stereocenters. The van der Waals surface area contributed by atoms with Gasteiger partial charge in [0.25, 0.3) is 6.01 Å². The topological polar surface area (TPSA) is 97.8 Å². The summed E-state index contributed by atoms with van der Waals surface area (Å²) in [5.41, 5.74) is 9.94. The lowest BCUT2D eigenvalue weighted by atomic mass is 10.1. The van der Waals surface area contributed by atoms with E-state index in [1.165, 1.54) is 0 Å². The first-order valence-electron chi connectivity index (χ1n) is 9.42. The van der Waals surface area contributed by atoms with Gasteiger partial charge in [0.2, 0.25) is 0 Å². The highest BCUT2D eigenvalue weighted by atomic mass is 16.4. The number of hydrogen-bond acceptors (Lipinski definition) is 6. The third kappa shape index (κ3) is 3.26. The van der Waals surface area contributed by atoms with Gasteiger partial charge in [-0.3, -0.25) is 4.99 Å². The highest BCUT2D eigenvalue weighted by molar-refractivity contribution is 6.07. The number of aromatic nitrogens is 3. The maximum atomic E-state index is 6.18. The van der Waals surface area contributed by atoms with E-state index in [4.69, 9.17) is 15.2 Å². The summed E-state index contributed by atoms with van der Waals surface area (Å²) in [6.07, 6.45) is 0. The number of benzene rings is 1. The summed E-state index contributed by atoms with van der Waals surface area (Å²) in [5, 5.41) is 4.75. The molecule has 1 aromatic carbocycles. The van der Waals surface area contributed by atoms with E-state index in [9.17, 15) is 0 Å². The van der Waals surface area contributed by atoms with Crippen LogP contribution >= 0.6 is 0 Å². The van der Waals surface area contributed by atoms with Crippen LogP contribution in [0.15, 0.2) is 32.6 Å². The Kier molecular flexibility index (Phi) is 5.48. The van der Waals surface area contributed by atoms with Gasteiger partial charge in [0.1, 0.15) is 17.0 Å². The Morgan fingerprint density at radius 2 is 2.04 bits per heavy atom. The molecule has 2 aromatic heterocycles. The van der Waals surface area contributed by atoms with Crippen molar-refractivity contribution in [1.82, 2.24) is 14.8 Å². The van der Waals surface area contributed by atoms with Crippen molar-refractivity contribution in [3.63, 3.8) is 0 Å². The first-order valence-corrected chi connectivity index (χ1v) is 9.42. The van der Waals surface area contributed by atoms with E-state index in [0.717, 1.165) is 29.8 Å². The van der Waals surface area contributed by atoms with Gasteiger partial charge in [-0.05, 0) is 52.6 Å². The van der Waals surface area contributed by atoms with E-state index in [2.05, 4.69) is 40.4 Å². The number of fused-ring (bicyclic) bond motifs is 1. The van der Waals surface area contributed by atoms with E-state index in [1.807, 2.05) is 36.7 Å². The van der Waals surface area contributed by atoms with Crippen molar-refractivity contribution in [1.29, 1.82) is 0 Å². The van der Waals surface area contributed by atoms with Crippen LogP contribution in [-0.4, -0.2) is 47.5 Å². The normalized spacial score (nSPS) is 12.1. The van der Waals surface area contributed by atoms with Crippen LogP contribution in [0.3, 0.4) is 0 Å². The molecule has 148 valence electrons. The SMILES string of the molecule is C=Nc1c(/C(N)=N\C)c(-c2ccc3oc(N(CC)CC)nc3c2)nn1C(C)C. The van der Waals surface area contributed by atoms with Gasteiger partial charge in [-0.1, -0.05) is 0 Å². The highest BCUT2D eigenvalue weighted by Gasteiger charge is 2.23. The highest BCUT2D eigenvalue weighted by Crippen LogP contribution is 2.34. The zero-order valence-electron chi connectivity index (χ0n) is 17.1. The second kappa shape index (κ2) is 7.84. The van der Waals surface area contributed by atoms with Gasteiger partial charge >= 0.3 is 0 Å². The molecule has 0 fully saturated rings. The average Bonchev–Trinajstić information content (AvgIpc) is 3.29. The van der Waals surface area contributed by atoms with Crippen LogP contribution in [0.5, 0.6) is 0 Å². The van der Waals surface area contributed by atoms with E-state index in [-0.39, 0.29) is 6.04 Å². The number of nitrogens with two attached hydrogens (primary N) is 1. The molecule has 0 saturated heterocycles. The van der Waals surface area contributed by atoms with Crippen molar-refractivity contribution < 1.29 is 4.42 Å². The summed E-state index contributed by atoms with van der Waals surface area (Å²) < 4.78 is 7.71. The molecule has 8 nitrogen and oxygen atoms in total. The molecule has 2 heterocycles. The Hall–Kier alpha value is -3.16. The minimum absolute atomic E-state index is 0.0997. The number of nitrogens with zero attached hydrogens (tertiary/aromatic N) is 6. The van der Waals surface area contributed by atoms with Gasteiger partial charge in [0.15, 0.2) is 11.4 Å². The maximum Gasteiger partial charge on any atom is 0.298 e. The predicted octanol–water partition coefficient (Wildman–Crippen LogP) is 3.79. The largest absolute Gasteiger partial charge is 0.423 e. The molecule has 0 aliphatic heterocycles. The minimum Gasteiger partial charge on any atom is -0.423 e. The lowest BCUT2D eigenvalue weighted by molar-refractivity contribution is 0.538. The number of rotatable bonds is 7. The van der Waals surface area contributed by atoms with Gasteiger partial charge < -0.3 is 15.1 Å². The summed E-state index contributed by atoms with van der Waals surface area (Å²) in [5.74, 6) is 0.977. The molecule has 8 heteroatoms. The standard InChI is InChI=1S/C20H27N7O/c1-7-26(8-2)20-24-14-11-13(9-10-15(14)28-20)17-16(18(21)22-5)19(23-6)27(25-17)12(3)4/h9-12H,6-8H2,1-5H3,(H2,21,22). The number of oxazole rings is 1. The van der Waals surface area contributed by atoms with E-state index >= 15 is 0 Å². The molecule has 3 rings (SSSR count). The third-order valence-electron chi connectivity index (χ3n) is 4.70. The zero-order chi connectivity index (χ0) is 20.4. The summed E-state index contributed by atoms with van der Waals surface area (Å²) >= 11 is 0. The molecule has 0 spiro atoms. The number of aliphatic imine (C=N–C) groups is 2. The van der Waals surface area contributed by atoms with Crippen LogP contribution in [0.2, 0.25) is 0 Å². The van der Waals surface area contributed by atoms with Gasteiger partial charge in [0.05, 0.1) is 5.56 Å². The fraction of sp³-hybridized carbons (Fsp3) is 0.400. The van der Waals surface area contributed by atoms with Crippen molar-refractivity contribution in [2.24, 2.45) is 15.7 Å². The molecule has 0 radical (unpaired) electrons. The molecule has 0 amide bonds. The molecule has 0 aliphatic carbocycles. The van der Waals surface area contributed by atoms with Gasteiger partial charge in [-0.25, -0.2) is 9.67 Å². The molecule has 0 saturated carbocycles. The van der Waals surface area contributed by atoms with Gasteiger partial charge in [-0.2, -0.15) is 10.1 Å². The van der Waals surface area contributed by atoms with Crippen LogP contribution in [0, 0.1) is 0 Å². The van der Waals surface area contributed by atoms with Crippen molar-refractivity contribution in [2.75, 3.05) is 25.0 Å². The first-order chi connectivity index (χ1) is 13.4. The second-order valence-corrected chi connectivity index (χ2v) is 6.70. The fourth-order valence-corrected chi connectivity index (χ4v) is 3.18. The fourth-order valence-electron chi connectivity index (χ4n) is 3.18. The second-order valence-electron chi connectivity index (χ2n) is 6.70. The van der Waals surface area contributed by atoms with Crippen LogP contribution in [-0.2, 0) is 0 Å². The Morgan fingerprint density at radius 1 is 1.32 bits per heavy atom. The van der Waals surface area contributed by atoms with Crippen molar-refractivity contribution in [2.45, 2.75) is 33.7 Å². The summed E-state index contributed by atoms with van der Waals surface area (Å²) in [6.45, 7) is 13.6. The Bertz CT molecular complexity index is 1020. The van der Waals surface area contributed by atoms with Crippen LogP contribution in [0.25, 0.3) is 22.4 Å². The summed E-state index contributed by atoms with van der Waals surface area (Å²) in [4.78, 5) is 15.0. The average molecular weight is 381 g/mol. The number of amidine groups is 1. The summed E-state index contributed by atoms with van der Waals surface area (Å²) in [7, 11) is 1.65. The summed E-state index contributed by atoms with van der Waals surface area (Å²) in [6, 6.07) is 6.53. The van der Waals surface area contributed by atoms with Crippen LogP contribution in [0.4, 0.5) is 11.8 Å². The van der Waals surface area contributed by atoms with E-state index in [0.29, 0.717) is 28.9 Å². The van der Waals surface area contributed by atoms with Gasteiger partial charge in [0, 0.05) is 31.7 Å². The number of hydrogen-bond donors (Lipinski definition) is 1. The Balaban J connectivity index is 2.20. The molecule has 2 N–H and O–H groups in total.